The van der Waals surface area contributed by atoms with E-state index in [4.69, 9.17) is 9.47 Å². The number of methoxy groups -OCH3 is 2. The fourth-order valence-electron chi connectivity index (χ4n) is 3.41. The lowest BCUT2D eigenvalue weighted by Gasteiger charge is -2.09. The lowest BCUT2D eigenvalue weighted by atomic mass is 10.1. The van der Waals surface area contributed by atoms with Gasteiger partial charge >= 0.3 is 0 Å². The zero-order valence-corrected chi connectivity index (χ0v) is 17.5. The van der Waals surface area contributed by atoms with E-state index in [-0.39, 0.29) is 5.91 Å². The van der Waals surface area contributed by atoms with Crippen molar-refractivity contribution in [3.05, 3.63) is 78.3 Å². The summed E-state index contributed by atoms with van der Waals surface area (Å²) in [7, 11) is 3.24. The zero-order valence-electron chi connectivity index (χ0n) is 17.5. The van der Waals surface area contributed by atoms with Crippen LogP contribution in [0, 0.1) is 0 Å². The van der Waals surface area contributed by atoms with E-state index in [9.17, 15) is 4.79 Å². The number of para-hydroxylation sites is 1. The maximum absolute atomic E-state index is 12.3. The van der Waals surface area contributed by atoms with Crippen molar-refractivity contribution in [2.45, 2.75) is 13.0 Å². The number of aryl methyl sites for hydroxylation is 2. The number of carbonyl (C=O) groups excluding carboxylic acids is 1. The Morgan fingerprint density at radius 1 is 1.16 bits per heavy atom. The van der Waals surface area contributed by atoms with Crippen LogP contribution < -0.4 is 14.8 Å². The number of aromatic nitrogens is 3. The molecule has 0 radical (unpaired) electrons. The molecule has 4 rings (SSSR count). The molecule has 2 N–H and O–H groups in total. The number of rotatable bonds is 8. The van der Waals surface area contributed by atoms with Gasteiger partial charge in [-0.05, 0) is 41.8 Å². The number of aromatic amines is 1. The van der Waals surface area contributed by atoms with Crippen LogP contribution in [0.3, 0.4) is 0 Å². The minimum atomic E-state index is -0.204. The van der Waals surface area contributed by atoms with Crippen molar-refractivity contribution < 1.29 is 14.3 Å². The molecule has 0 spiro atoms. The molecule has 0 atom stereocenters. The fourth-order valence-corrected chi connectivity index (χ4v) is 3.41. The molecule has 0 saturated heterocycles. The number of H-pyrrole nitrogens is 1. The first-order valence-corrected chi connectivity index (χ1v) is 9.95. The molecule has 4 aromatic rings. The second-order valence-electron chi connectivity index (χ2n) is 7.04. The highest BCUT2D eigenvalue weighted by Gasteiger charge is 2.06. The lowest BCUT2D eigenvalue weighted by molar-refractivity contribution is -0.111. The zero-order chi connectivity index (χ0) is 21.6. The molecule has 0 aliphatic heterocycles. The van der Waals surface area contributed by atoms with Gasteiger partial charge < -0.3 is 19.8 Å². The van der Waals surface area contributed by atoms with Crippen LogP contribution in [-0.2, 0) is 17.8 Å². The maximum atomic E-state index is 12.3. The van der Waals surface area contributed by atoms with Gasteiger partial charge in [-0.2, -0.15) is 5.10 Å². The third-order valence-corrected chi connectivity index (χ3v) is 5.01. The highest BCUT2D eigenvalue weighted by Crippen LogP contribution is 2.27. The number of nitrogens with one attached hydrogen (secondary N) is 2. The Morgan fingerprint density at radius 3 is 2.84 bits per heavy atom. The number of carbonyl (C=O) groups is 1. The number of fused-ring (bicyclic) bond motifs is 1. The summed E-state index contributed by atoms with van der Waals surface area (Å²) in [6.07, 6.45) is 9.45. The van der Waals surface area contributed by atoms with Gasteiger partial charge in [0.15, 0.2) is 11.5 Å². The third kappa shape index (κ3) is 4.78. The largest absolute Gasteiger partial charge is 0.493 e. The van der Waals surface area contributed by atoms with E-state index in [2.05, 4.69) is 15.4 Å². The Balaban J connectivity index is 1.34. The monoisotopic (exact) mass is 416 g/mol. The molecule has 2 aromatic carbocycles. The first kappa shape index (κ1) is 20.3. The van der Waals surface area contributed by atoms with Crippen molar-refractivity contribution in [1.82, 2.24) is 14.8 Å². The standard InChI is InChI=1S/C24H24N4O3/c1-30-22-9-7-17(13-23(22)31-2)11-12-28-16-19(15-26-28)27-24(29)10-8-18-14-25-21-6-4-3-5-20(18)21/h3-10,13-16,25H,11-12H2,1-2H3,(H,27,29). The van der Waals surface area contributed by atoms with Gasteiger partial charge in [-0.15, -0.1) is 0 Å². The van der Waals surface area contributed by atoms with Gasteiger partial charge in [0.05, 0.1) is 26.1 Å². The van der Waals surface area contributed by atoms with Crippen LogP contribution in [0.2, 0.25) is 0 Å². The van der Waals surface area contributed by atoms with Gasteiger partial charge in [-0.25, -0.2) is 0 Å². The number of hydrogen-bond acceptors (Lipinski definition) is 4. The molecular formula is C24H24N4O3. The molecule has 0 aliphatic rings. The van der Waals surface area contributed by atoms with E-state index in [1.54, 1.807) is 31.2 Å². The number of ether oxygens (including phenoxy) is 2. The number of anilines is 1. The summed E-state index contributed by atoms with van der Waals surface area (Å²) in [5.41, 5.74) is 3.77. The summed E-state index contributed by atoms with van der Waals surface area (Å²) in [6.45, 7) is 0.677. The summed E-state index contributed by atoms with van der Waals surface area (Å²) in [5.74, 6) is 1.20. The second kappa shape index (κ2) is 9.21. The van der Waals surface area contributed by atoms with E-state index in [1.165, 1.54) is 6.08 Å². The van der Waals surface area contributed by atoms with E-state index in [1.807, 2.05) is 54.9 Å². The van der Waals surface area contributed by atoms with Gasteiger partial charge in [0.2, 0.25) is 5.91 Å². The molecular weight excluding hydrogens is 392 g/mol. The van der Waals surface area contributed by atoms with E-state index in [0.717, 1.165) is 28.5 Å². The van der Waals surface area contributed by atoms with Gasteiger partial charge in [0.25, 0.3) is 0 Å². The van der Waals surface area contributed by atoms with Crippen molar-refractivity contribution in [3.63, 3.8) is 0 Å². The predicted molar refractivity (Wildman–Crippen MR) is 121 cm³/mol. The Bertz CT molecular complexity index is 1220. The Hall–Kier alpha value is -4.00. The van der Waals surface area contributed by atoms with Crippen LogP contribution in [0.4, 0.5) is 5.69 Å². The minimum Gasteiger partial charge on any atom is -0.493 e. The number of hydrogen-bond donors (Lipinski definition) is 2. The second-order valence-corrected chi connectivity index (χ2v) is 7.04. The quantitative estimate of drug-likeness (QED) is 0.420. The van der Waals surface area contributed by atoms with Gasteiger partial charge in [0.1, 0.15) is 0 Å². The minimum absolute atomic E-state index is 0.204. The van der Waals surface area contributed by atoms with Crippen LogP contribution in [0.15, 0.2) is 67.1 Å². The molecule has 0 aliphatic carbocycles. The molecule has 0 unspecified atom stereocenters. The molecule has 1 amide bonds. The van der Waals surface area contributed by atoms with Crippen LogP contribution >= 0.6 is 0 Å². The highest BCUT2D eigenvalue weighted by molar-refractivity contribution is 6.03. The molecule has 2 aromatic heterocycles. The molecule has 7 nitrogen and oxygen atoms in total. The average molecular weight is 416 g/mol. The first-order chi connectivity index (χ1) is 15.2. The number of amides is 1. The predicted octanol–water partition coefficient (Wildman–Crippen LogP) is 4.28. The summed E-state index contributed by atoms with van der Waals surface area (Å²) in [4.78, 5) is 15.5. The van der Waals surface area contributed by atoms with Gasteiger partial charge in [0, 0.05) is 35.9 Å². The molecule has 0 bridgehead atoms. The molecule has 31 heavy (non-hydrogen) atoms. The van der Waals surface area contributed by atoms with Crippen molar-refractivity contribution in [2.75, 3.05) is 19.5 Å². The fraction of sp³-hybridized carbons (Fsp3) is 0.167. The van der Waals surface area contributed by atoms with Crippen molar-refractivity contribution >= 4 is 28.6 Å². The van der Waals surface area contributed by atoms with Crippen LogP contribution in [-0.4, -0.2) is 34.9 Å². The Kier molecular flexibility index (Phi) is 6.03. The Labute approximate surface area is 180 Å². The first-order valence-electron chi connectivity index (χ1n) is 9.95. The maximum Gasteiger partial charge on any atom is 0.248 e. The van der Waals surface area contributed by atoms with E-state index >= 15 is 0 Å². The summed E-state index contributed by atoms with van der Waals surface area (Å²) in [6, 6.07) is 13.8. The molecule has 0 fully saturated rings. The van der Waals surface area contributed by atoms with Crippen molar-refractivity contribution in [3.8, 4) is 11.5 Å². The number of benzene rings is 2. The molecule has 7 heteroatoms. The smallest absolute Gasteiger partial charge is 0.248 e. The van der Waals surface area contributed by atoms with Crippen LogP contribution in [0.1, 0.15) is 11.1 Å². The van der Waals surface area contributed by atoms with Crippen LogP contribution in [0.25, 0.3) is 17.0 Å². The topological polar surface area (TPSA) is 81.2 Å². The van der Waals surface area contributed by atoms with Crippen molar-refractivity contribution in [1.29, 1.82) is 0 Å². The van der Waals surface area contributed by atoms with Gasteiger partial charge in [-0.1, -0.05) is 24.3 Å². The Morgan fingerprint density at radius 2 is 2.00 bits per heavy atom. The average Bonchev–Trinajstić information content (AvgIpc) is 3.42. The lowest BCUT2D eigenvalue weighted by Crippen LogP contribution is -2.07. The molecule has 158 valence electrons. The SMILES string of the molecule is COc1ccc(CCn2cc(NC(=O)C=Cc3c[nH]c4ccccc34)cn2)cc1OC. The summed E-state index contributed by atoms with van der Waals surface area (Å²) in [5, 5.41) is 8.26. The molecule has 2 heterocycles. The van der Waals surface area contributed by atoms with Crippen molar-refractivity contribution in [2.24, 2.45) is 0 Å². The highest BCUT2D eigenvalue weighted by atomic mass is 16.5. The van der Waals surface area contributed by atoms with Gasteiger partial charge in [-0.3, -0.25) is 9.48 Å². The third-order valence-electron chi connectivity index (χ3n) is 5.01. The van der Waals surface area contributed by atoms with Crippen LogP contribution in [0.5, 0.6) is 11.5 Å². The normalized spacial score (nSPS) is 11.2. The van der Waals surface area contributed by atoms with E-state index in [0.29, 0.717) is 23.7 Å². The summed E-state index contributed by atoms with van der Waals surface area (Å²) < 4.78 is 12.4. The molecule has 0 saturated carbocycles. The number of nitrogens with zero attached hydrogens (tertiary/aromatic N) is 2. The summed E-state index contributed by atoms with van der Waals surface area (Å²) >= 11 is 0. The van der Waals surface area contributed by atoms with E-state index < -0.39 is 0 Å².